The van der Waals surface area contributed by atoms with Crippen molar-refractivity contribution in [3.63, 3.8) is 0 Å². The van der Waals surface area contributed by atoms with Crippen LogP contribution in [0.15, 0.2) is 24.3 Å². The molecule has 1 saturated carbocycles. The number of hydrogen-bond donors (Lipinski definition) is 1. The molecule has 1 aromatic rings. The predicted molar refractivity (Wildman–Crippen MR) is 68.0 cm³/mol. The van der Waals surface area contributed by atoms with E-state index >= 15 is 0 Å². The minimum atomic E-state index is -0.479. The molecule has 0 saturated heterocycles. The van der Waals surface area contributed by atoms with Gasteiger partial charge in [0.15, 0.2) is 0 Å². The van der Waals surface area contributed by atoms with Crippen molar-refractivity contribution in [2.24, 2.45) is 5.92 Å². The largest absolute Gasteiger partial charge is 0.497 e. The topological polar surface area (TPSA) is 45.0 Å². The van der Waals surface area contributed by atoms with Crippen LogP contribution in [0.1, 0.15) is 26.2 Å². The lowest BCUT2D eigenvalue weighted by Crippen LogP contribution is -2.33. The molecular formula is C14H18N2O. The summed E-state index contributed by atoms with van der Waals surface area (Å²) in [5.74, 6) is 1.53. The van der Waals surface area contributed by atoms with E-state index in [0.29, 0.717) is 0 Å². The monoisotopic (exact) mass is 230 g/mol. The fourth-order valence-electron chi connectivity index (χ4n) is 2.04. The number of hydrogen-bond acceptors (Lipinski definition) is 3. The normalized spacial score (nSPS) is 17.9. The van der Waals surface area contributed by atoms with Gasteiger partial charge in [-0.2, -0.15) is 5.26 Å². The highest BCUT2D eigenvalue weighted by molar-refractivity contribution is 5.51. The van der Waals surface area contributed by atoms with Crippen molar-refractivity contribution in [2.75, 3.05) is 12.4 Å². The van der Waals surface area contributed by atoms with Gasteiger partial charge >= 0.3 is 0 Å². The Bertz CT molecular complexity index is 434. The first-order valence-electron chi connectivity index (χ1n) is 5.99. The highest BCUT2D eigenvalue weighted by atomic mass is 16.5. The second-order valence-corrected chi connectivity index (χ2v) is 4.95. The van der Waals surface area contributed by atoms with E-state index in [2.05, 4.69) is 11.4 Å². The molecule has 1 N–H and O–H groups in total. The SMILES string of the molecule is COc1cccc(NC(C)(C#N)CC2CC2)c1. The van der Waals surface area contributed by atoms with Crippen molar-refractivity contribution in [2.45, 2.75) is 31.7 Å². The third kappa shape index (κ3) is 3.13. The molecule has 0 spiro atoms. The van der Waals surface area contributed by atoms with E-state index in [9.17, 15) is 5.26 Å². The molecule has 17 heavy (non-hydrogen) atoms. The Kier molecular flexibility index (Phi) is 3.23. The molecule has 0 amide bonds. The van der Waals surface area contributed by atoms with Gasteiger partial charge in [0.25, 0.3) is 0 Å². The van der Waals surface area contributed by atoms with Gasteiger partial charge < -0.3 is 10.1 Å². The van der Waals surface area contributed by atoms with Gasteiger partial charge in [-0.1, -0.05) is 18.9 Å². The summed E-state index contributed by atoms with van der Waals surface area (Å²) >= 11 is 0. The molecule has 0 aliphatic heterocycles. The smallest absolute Gasteiger partial charge is 0.122 e. The van der Waals surface area contributed by atoms with Crippen molar-refractivity contribution in [3.8, 4) is 11.8 Å². The number of benzene rings is 1. The summed E-state index contributed by atoms with van der Waals surface area (Å²) in [6, 6.07) is 10.1. The van der Waals surface area contributed by atoms with E-state index < -0.39 is 5.54 Å². The lowest BCUT2D eigenvalue weighted by Gasteiger charge is -2.24. The molecule has 1 unspecified atom stereocenters. The molecule has 3 heteroatoms. The van der Waals surface area contributed by atoms with Crippen LogP contribution < -0.4 is 10.1 Å². The zero-order chi connectivity index (χ0) is 12.3. The highest BCUT2D eigenvalue weighted by Crippen LogP contribution is 2.37. The van der Waals surface area contributed by atoms with Crippen LogP contribution in [-0.4, -0.2) is 12.6 Å². The Morgan fingerprint density at radius 2 is 2.29 bits per heavy atom. The van der Waals surface area contributed by atoms with E-state index in [1.165, 1.54) is 12.8 Å². The van der Waals surface area contributed by atoms with Crippen molar-refractivity contribution in [3.05, 3.63) is 24.3 Å². The summed E-state index contributed by atoms with van der Waals surface area (Å²) in [7, 11) is 1.65. The summed E-state index contributed by atoms with van der Waals surface area (Å²) in [6.07, 6.45) is 3.44. The summed E-state index contributed by atoms with van der Waals surface area (Å²) in [6.45, 7) is 1.96. The number of rotatable bonds is 5. The maximum absolute atomic E-state index is 9.31. The van der Waals surface area contributed by atoms with Crippen LogP contribution in [0.3, 0.4) is 0 Å². The van der Waals surface area contributed by atoms with Crippen molar-refractivity contribution in [1.29, 1.82) is 5.26 Å². The number of nitrogens with zero attached hydrogens (tertiary/aromatic N) is 1. The van der Waals surface area contributed by atoms with Gasteiger partial charge in [-0.05, 0) is 31.4 Å². The molecule has 3 nitrogen and oxygen atoms in total. The van der Waals surface area contributed by atoms with Crippen LogP contribution in [0.25, 0.3) is 0 Å². The molecule has 1 fully saturated rings. The van der Waals surface area contributed by atoms with Crippen LogP contribution in [0.5, 0.6) is 5.75 Å². The van der Waals surface area contributed by atoms with E-state index in [-0.39, 0.29) is 0 Å². The van der Waals surface area contributed by atoms with Crippen LogP contribution in [0.4, 0.5) is 5.69 Å². The Morgan fingerprint density at radius 3 is 2.88 bits per heavy atom. The molecule has 0 aromatic heterocycles. The molecule has 1 aromatic carbocycles. The maximum Gasteiger partial charge on any atom is 0.122 e. The molecule has 0 bridgehead atoms. The minimum Gasteiger partial charge on any atom is -0.497 e. The molecule has 1 aliphatic carbocycles. The summed E-state index contributed by atoms with van der Waals surface area (Å²) in [4.78, 5) is 0. The fourth-order valence-corrected chi connectivity index (χ4v) is 2.04. The number of nitrogens with one attached hydrogen (secondary N) is 1. The molecule has 0 radical (unpaired) electrons. The summed E-state index contributed by atoms with van der Waals surface area (Å²) < 4.78 is 5.17. The average molecular weight is 230 g/mol. The maximum atomic E-state index is 9.31. The first-order valence-corrected chi connectivity index (χ1v) is 5.99. The third-order valence-electron chi connectivity index (χ3n) is 3.13. The number of methoxy groups -OCH3 is 1. The second-order valence-electron chi connectivity index (χ2n) is 4.95. The van der Waals surface area contributed by atoms with E-state index in [1.807, 2.05) is 31.2 Å². The molecular weight excluding hydrogens is 212 g/mol. The van der Waals surface area contributed by atoms with E-state index in [4.69, 9.17) is 4.74 Å². The lowest BCUT2D eigenvalue weighted by molar-refractivity contribution is 0.415. The molecule has 0 heterocycles. The van der Waals surface area contributed by atoms with Gasteiger partial charge in [-0.3, -0.25) is 0 Å². The van der Waals surface area contributed by atoms with Crippen LogP contribution in [0.2, 0.25) is 0 Å². The van der Waals surface area contributed by atoms with Crippen molar-refractivity contribution < 1.29 is 4.74 Å². The van der Waals surface area contributed by atoms with Gasteiger partial charge in [0.2, 0.25) is 0 Å². The third-order valence-corrected chi connectivity index (χ3v) is 3.13. The predicted octanol–water partition coefficient (Wildman–Crippen LogP) is 3.19. The summed E-state index contributed by atoms with van der Waals surface area (Å²) in [5, 5.41) is 12.6. The van der Waals surface area contributed by atoms with Gasteiger partial charge in [0.05, 0.1) is 13.2 Å². The average Bonchev–Trinajstić information content (AvgIpc) is 3.13. The Labute approximate surface area is 102 Å². The molecule has 1 aliphatic rings. The molecule has 2 rings (SSSR count). The van der Waals surface area contributed by atoms with Gasteiger partial charge in [0, 0.05) is 11.8 Å². The Balaban J connectivity index is 2.08. The van der Waals surface area contributed by atoms with Crippen LogP contribution in [0, 0.1) is 17.2 Å². The fraction of sp³-hybridized carbons (Fsp3) is 0.500. The van der Waals surface area contributed by atoms with E-state index in [0.717, 1.165) is 23.8 Å². The number of nitriles is 1. The quantitative estimate of drug-likeness (QED) is 0.844. The molecule has 1 atom stereocenters. The van der Waals surface area contributed by atoms with Crippen molar-refractivity contribution >= 4 is 5.69 Å². The van der Waals surface area contributed by atoms with E-state index in [1.54, 1.807) is 7.11 Å². The zero-order valence-electron chi connectivity index (χ0n) is 10.4. The van der Waals surface area contributed by atoms with Gasteiger partial charge in [-0.15, -0.1) is 0 Å². The second kappa shape index (κ2) is 4.67. The Morgan fingerprint density at radius 1 is 1.53 bits per heavy atom. The number of anilines is 1. The summed E-state index contributed by atoms with van der Waals surface area (Å²) in [5.41, 5.74) is 0.460. The van der Waals surface area contributed by atoms with Crippen LogP contribution in [-0.2, 0) is 0 Å². The Hall–Kier alpha value is -1.69. The first-order chi connectivity index (χ1) is 8.15. The molecule has 90 valence electrons. The highest BCUT2D eigenvalue weighted by Gasteiger charge is 2.33. The van der Waals surface area contributed by atoms with Gasteiger partial charge in [-0.25, -0.2) is 0 Å². The first kappa shape index (κ1) is 11.8. The number of ether oxygens (including phenoxy) is 1. The van der Waals surface area contributed by atoms with Crippen LogP contribution >= 0.6 is 0 Å². The zero-order valence-corrected chi connectivity index (χ0v) is 10.4. The van der Waals surface area contributed by atoms with Crippen molar-refractivity contribution in [1.82, 2.24) is 0 Å². The minimum absolute atomic E-state index is 0.479. The van der Waals surface area contributed by atoms with Gasteiger partial charge in [0.1, 0.15) is 11.3 Å². The lowest BCUT2D eigenvalue weighted by atomic mass is 9.96. The standard InChI is InChI=1S/C14H18N2O/c1-14(10-15,9-11-6-7-11)16-12-4-3-5-13(8-12)17-2/h3-5,8,11,16H,6-7,9H2,1-2H3.